The van der Waals surface area contributed by atoms with Crippen molar-refractivity contribution in [2.45, 2.75) is 51.0 Å². The molecule has 4 bridgehead atoms. The van der Waals surface area contributed by atoms with Crippen molar-refractivity contribution >= 4 is 23.3 Å². The third kappa shape index (κ3) is 4.14. The number of amides is 1. The number of hydrogen-bond donors (Lipinski definition) is 1. The van der Waals surface area contributed by atoms with Gasteiger partial charge in [0.15, 0.2) is 12.4 Å². The van der Waals surface area contributed by atoms with Gasteiger partial charge in [0.2, 0.25) is 0 Å². The molecule has 33 heavy (non-hydrogen) atoms. The number of carbonyl (C=O) groups is 3. The molecule has 1 N–H and O–H groups in total. The van der Waals surface area contributed by atoms with Gasteiger partial charge in [-0.3, -0.25) is 14.4 Å². The maximum Gasteiger partial charge on any atom is 0.312 e. The Morgan fingerprint density at radius 1 is 1.09 bits per heavy atom. The van der Waals surface area contributed by atoms with Crippen molar-refractivity contribution in [1.82, 2.24) is 4.90 Å². The molecule has 1 aromatic carbocycles. The fourth-order valence-electron chi connectivity index (χ4n) is 7.00. The number of aliphatic hydroxyl groups is 1. The van der Waals surface area contributed by atoms with Crippen LogP contribution in [0.1, 0.15) is 55.8 Å². The van der Waals surface area contributed by atoms with Crippen LogP contribution in [-0.4, -0.2) is 66.1 Å². The number of ketones is 1. The van der Waals surface area contributed by atoms with Gasteiger partial charge in [0, 0.05) is 31.7 Å². The van der Waals surface area contributed by atoms with Crippen LogP contribution in [0.15, 0.2) is 18.2 Å². The summed E-state index contributed by atoms with van der Waals surface area (Å²) in [5.41, 5.74) is -0.640. The number of hydrogen-bond acceptors (Lipinski definition) is 6. The van der Waals surface area contributed by atoms with Gasteiger partial charge in [0.05, 0.1) is 16.7 Å². The van der Waals surface area contributed by atoms with Crippen molar-refractivity contribution in [3.8, 4) is 0 Å². The minimum atomic E-state index is -0.749. The molecule has 4 saturated carbocycles. The van der Waals surface area contributed by atoms with Crippen molar-refractivity contribution in [2.75, 3.05) is 37.7 Å². The minimum absolute atomic E-state index is 0.187. The molecule has 5 aliphatic rings. The first-order valence-electron chi connectivity index (χ1n) is 11.9. The van der Waals surface area contributed by atoms with Gasteiger partial charge in [-0.05, 0) is 75.5 Å². The van der Waals surface area contributed by atoms with Crippen LogP contribution in [0.3, 0.4) is 0 Å². The summed E-state index contributed by atoms with van der Waals surface area (Å²) < 4.78 is 20.0. The summed E-state index contributed by atoms with van der Waals surface area (Å²) in [5.74, 6) is -0.481. The maximum atomic E-state index is 14.4. The third-order valence-electron chi connectivity index (χ3n) is 8.12. The van der Waals surface area contributed by atoms with E-state index in [1.807, 2.05) is 4.90 Å². The van der Waals surface area contributed by atoms with Crippen molar-refractivity contribution in [2.24, 2.45) is 17.3 Å². The lowest BCUT2D eigenvalue weighted by Gasteiger charge is -2.58. The Bertz CT molecular complexity index is 973. The number of piperazine rings is 1. The van der Waals surface area contributed by atoms with E-state index in [0.717, 1.165) is 32.1 Å². The third-order valence-corrected chi connectivity index (χ3v) is 8.12. The van der Waals surface area contributed by atoms with Gasteiger partial charge in [-0.2, -0.15) is 0 Å². The number of carbonyl (C=O) groups excluding carboxylic acids is 3. The predicted octanol–water partition coefficient (Wildman–Crippen LogP) is 2.55. The van der Waals surface area contributed by atoms with Crippen LogP contribution in [0.5, 0.6) is 0 Å². The van der Waals surface area contributed by atoms with Gasteiger partial charge in [-0.15, -0.1) is 0 Å². The van der Waals surface area contributed by atoms with E-state index < -0.39 is 16.8 Å². The van der Waals surface area contributed by atoms with Gasteiger partial charge in [0.25, 0.3) is 5.91 Å². The van der Waals surface area contributed by atoms with Crippen LogP contribution in [0.2, 0.25) is 0 Å². The summed E-state index contributed by atoms with van der Waals surface area (Å²) in [5, 5.41) is 10.8. The lowest BCUT2D eigenvalue weighted by molar-refractivity contribution is -0.197. The quantitative estimate of drug-likeness (QED) is 0.539. The molecule has 0 radical (unpaired) electrons. The van der Waals surface area contributed by atoms with Crippen molar-refractivity contribution in [3.63, 3.8) is 0 Å². The number of ether oxygens (including phenoxy) is 1. The van der Waals surface area contributed by atoms with Crippen LogP contribution in [0.4, 0.5) is 10.1 Å². The molecule has 5 fully saturated rings. The summed E-state index contributed by atoms with van der Waals surface area (Å²) in [6.07, 6.45) is 4.60. The maximum absolute atomic E-state index is 14.4. The molecule has 1 heterocycles. The molecule has 6 rings (SSSR count). The van der Waals surface area contributed by atoms with E-state index in [1.54, 1.807) is 17.0 Å². The average Bonchev–Trinajstić information content (AvgIpc) is 2.75. The molecule has 0 spiro atoms. The van der Waals surface area contributed by atoms with Crippen LogP contribution in [0, 0.1) is 23.1 Å². The minimum Gasteiger partial charge on any atom is -0.455 e. The highest BCUT2D eigenvalue weighted by atomic mass is 19.1. The number of nitrogens with zero attached hydrogens (tertiary/aromatic N) is 2. The van der Waals surface area contributed by atoms with E-state index in [0.29, 0.717) is 55.7 Å². The Morgan fingerprint density at radius 2 is 1.76 bits per heavy atom. The van der Waals surface area contributed by atoms with Gasteiger partial charge in [-0.25, -0.2) is 4.39 Å². The molecule has 1 aliphatic heterocycles. The van der Waals surface area contributed by atoms with Crippen LogP contribution in [-0.2, 0) is 14.3 Å². The summed E-state index contributed by atoms with van der Waals surface area (Å²) >= 11 is 0. The van der Waals surface area contributed by atoms with Gasteiger partial charge in [-0.1, -0.05) is 0 Å². The number of rotatable bonds is 5. The van der Waals surface area contributed by atoms with E-state index in [9.17, 15) is 23.9 Å². The fraction of sp³-hybridized carbons (Fsp3) is 0.640. The summed E-state index contributed by atoms with van der Waals surface area (Å²) in [7, 11) is 0. The Balaban J connectivity index is 1.14. The normalized spacial score (nSPS) is 32.7. The van der Waals surface area contributed by atoms with Gasteiger partial charge in [0.1, 0.15) is 5.82 Å². The first-order chi connectivity index (χ1) is 15.7. The summed E-state index contributed by atoms with van der Waals surface area (Å²) in [4.78, 5) is 40.6. The zero-order valence-electron chi connectivity index (χ0n) is 19.0. The topological polar surface area (TPSA) is 87.2 Å². The van der Waals surface area contributed by atoms with Crippen molar-refractivity contribution in [3.05, 3.63) is 29.6 Å². The molecule has 178 valence electrons. The Morgan fingerprint density at radius 3 is 2.33 bits per heavy atom. The number of halogens is 1. The van der Waals surface area contributed by atoms with Crippen LogP contribution < -0.4 is 4.90 Å². The molecule has 7 nitrogen and oxygen atoms in total. The highest BCUT2D eigenvalue weighted by molar-refractivity contribution is 5.94. The van der Waals surface area contributed by atoms with Crippen molar-refractivity contribution in [1.29, 1.82) is 0 Å². The second-order valence-corrected chi connectivity index (χ2v) is 10.6. The SMILES string of the molecule is CC(=O)c1ccc(N2CCN(C(=O)COC(=O)C34CC5CC(CC(O)(C5)C3)C4)CC2)c(F)c1. The molecule has 4 aliphatic carbocycles. The Labute approximate surface area is 192 Å². The predicted molar refractivity (Wildman–Crippen MR) is 118 cm³/mol. The number of benzene rings is 1. The van der Waals surface area contributed by atoms with Gasteiger partial charge >= 0.3 is 5.97 Å². The monoisotopic (exact) mass is 458 g/mol. The van der Waals surface area contributed by atoms with Gasteiger partial charge < -0.3 is 19.6 Å². The van der Waals surface area contributed by atoms with E-state index in [-0.39, 0.29) is 24.3 Å². The van der Waals surface area contributed by atoms with E-state index in [4.69, 9.17) is 4.74 Å². The van der Waals surface area contributed by atoms with Crippen LogP contribution in [0.25, 0.3) is 0 Å². The molecular weight excluding hydrogens is 427 g/mol. The molecule has 1 aromatic rings. The zero-order valence-corrected chi connectivity index (χ0v) is 19.0. The second-order valence-electron chi connectivity index (χ2n) is 10.6. The van der Waals surface area contributed by atoms with Crippen molar-refractivity contribution < 1.29 is 28.6 Å². The van der Waals surface area contributed by atoms with E-state index >= 15 is 0 Å². The second kappa shape index (κ2) is 8.08. The van der Waals surface area contributed by atoms with E-state index in [2.05, 4.69) is 0 Å². The first kappa shape index (κ1) is 22.3. The number of esters is 1. The molecule has 2 unspecified atom stereocenters. The van der Waals surface area contributed by atoms with Crippen LogP contribution >= 0.6 is 0 Å². The molecule has 2 atom stereocenters. The highest BCUT2D eigenvalue weighted by Crippen LogP contribution is 2.61. The lowest BCUT2D eigenvalue weighted by Crippen LogP contribution is -2.58. The number of Topliss-reactive ketones (excluding diaryl/α,β-unsaturated/α-hetero) is 1. The smallest absolute Gasteiger partial charge is 0.312 e. The summed E-state index contributed by atoms with van der Waals surface area (Å²) in [6.45, 7) is 2.82. The zero-order chi connectivity index (χ0) is 23.4. The molecule has 0 aromatic heterocycles. The Hall–Kier alpha value is -2.48. The molecule has 1 amide bonds. The Kier molecular flexibility index (Phi) is 5.46. The van der Waals surface area contributed by atoms with E-state index in [1.165, 1.54) is 13.0 Å². The highest BCUT2D eigenvalue weighted by Gasteiger charge is 2.61. The molecular formula is C25H31FN2O5. The standard InChI is InChI=1S/C25H31FN2O5/c1-16(29)19-2-3-21(20(26)9-19)27-4-6-28(7-5-27)22(30)14-33-23(31)24-10-17-8-18(11-24)13-25(32,12-17)15-24/h2-3,9,17-18,32H,4-8,10-15H2,1H3. The first-order valence-corrected chi connectivity index (χ1v) is 11.9. The average molecular weight is 459 g/mol. The lowest BCUT2D eigenvalue weighted by atomic mass is 9.48. The largest absolute Gasteiger partial charge is 0.455 e. The number of anilines is 1. The fourth-order valence-corrected chi connectivity index (χ4v) is 7.00. The summed E-state index contributed by atoms with van der Waals surface area (Å²) in [6, 6.07) is 4.46. The molecule has 1 saturated heterocycles. The molecule has 8 heteroatoms.